The maximum atomic E-state index is 9.94. The topological polar surface area (TPSA) is 65.3 Å². The summed E-state index contributed by atoms with van der Waals surface area (Å²) in [5, 5.41) is 21.8. The number of benzene rings is 1. The van der Waals surface area contributed by atoms with Crippen LogP contribution in [0, 0.1) is 11.3 Å². The molecule has 0 heterocycles. The van der Waals surface area contributed by atoms with E-state index in [1.54, 1.807) is 24.3 Å². The maximum Gasteiger partial charge on any atom is 0.0991 e. The highest BCUT2D eigenvalue weighted by atomic mass is 16.5. The number of unbranched alkanes of at least 4 members (excludes halogenated alkanes) is 1. The summed E-state index contributed by atoms with van der Waals surface area (Å²) in [4.78, 5) is 0. The van der Waals surface area contributed by atoms with Gasteiger partial charge < -0.3 is 15.2 Å². The van der Waals surface area contributed by atoms with Gasteiger partial charge in [-0.05, 0) is 24.1 Å². The van der Waals surface area contributed by atoms with Gasteiger partial charge in [0.1, 0.15) is 0 Å². The van der Waals surface area contributed by atoms with Crippen molar-refractivity contribution in [1.82, 2.24) is 5.32 Å². The second-order valence-corrected chi connectivity index (χ2v) is 4.42. The van der Waals surface area contributed by atoms with Crippen LogP contribution in [0.15, 0.2) is 24.3 Å². The standard InChI is InChI=1S/C15H22N2O2/c1-2-3-9-19-10-8-17-12-15(18)14-6-4-13(11-16)5-7-14/h4-7,15,17-18H,2-3,8-10,12H2,1H3. The summed E-state index contributed by atoms with van der Waals surface area (Å²) in [6, 6.07) is 9.05. The molecule has 0 amide bonds. The molecule has 0 saturated heterocycles. The van der Waals surface area contributed by atoms with Crippen LogP contribution in [0.5, 0.6) is 0 Å². The van der Waals surface area contributed by atoms with Gasteiger partial charge in [0.15, 0.2) is 0 Å². The van der Waals surface area contributed by atoms with E-state index in [-0.39, 0.29) is 0 Å². The Bertz CT molecular complexity index is 384. The second kappa shape index (κ2) is 9.51. The number of rotatable bonds is 9. The Morgan fingerprint density at radius 2 is 2.05 bits per heavy atom. The molecule has 0 aromatic heterocycles. The number of aliphatic hydroxyl groups is 1. The van der Waals surface area contributed by atoms with E-state index in [1.807, 2.05) is 0 Å². The smallest absolute Gasteiger partial charge is 0.0991 e. The molecule has 0 aliphatic carbocycles. The molecule has 0 radical (unpaired) electrons. The minimum absolute atomic E-state index is 0.489. The van der Waals surface area contributed by atoms with Crippen LogP contribution in [0.1, 0.15) is 37.0 Å². The van der Waals surface area contributed by atoms with Crippen LogP contribution in [0.2, 0.25) is 0 Å². The number of aliphatic hydroxyl groups excluding tert-OH is 1. The fourth-order valence-electron chi connectivity index (χ4n) is 1.63. The molecule has 1 rings (SSSR count). The van der Waals surface area contributed by atoms with Gasteiger partial charge >= 0.3 is 0 Å². The van der Waals surface area contributed by atoms with E-state index in [2.05, 4.69) is 18.3 Å². The molecule has 1 atom stereocenters. The van der Waals surface area contributed by atoms with Gasteiger partial charge in [-0.15, -0.1) is 0 Å². The number of nitrogens with zero attached hydrogens (tertiary/aromatic N) is 1. The summed E-state index contributed by atoms with van der Waals surface area (Å²) in [6.45, 7) is 4.83. The van der Waals surface area contributed by atoms with Crippen molar-refractivity contribution in [3.05, 3.63) is 35.4 Å². The van der Waals surface area contributed by atoms with Crippen LogP contribution < -0.4 is 5.32 Å². The van der Waals surface area contributed by atoms with Crippen molar-refractivity contribution in [2.75, 3.05) is 26.3 Å². The normalized spacial score (nSPS) is 12.1. The van der Waals surface area contributed by atoms with Crippen molar-refractivity contribution >= 4 is 0 Å². The fraction of sp³-hybridized carbons (Fsp3) is 0.533. The van der Waals surface area contributed by atoms with E-state index in [4.69, 9.17) is 10.00 Å². The summed E-state index contributed by atoms with van der Waals surface area (Å²) in [5.74, 6) is 0. The zero-order chi connectivity index (χ0) is 13.9. The van der Waals surface area contributed by atoms with Crippen molar-refractivity contribution in [2.24, 2.45) is 0 Å². The van der Waals surface area contributed by atoms with E-state index < -0.39 is 6.10 Å². The van der Waals surface area contributed by atoms with Gasteiger partial charge in [0.05, 0.1) is 24.3 Å². The van der Waals surface area contributed by atoms with Gasteiger partial charge in [-0.1, -0.05) is 25.5 Å². The Morgan fingerprint density at radius 1 is 1.32 bits per heavy atom. The first kappa shape index (κ1) is 15.6. The van der Waals surface area contributed by atoms with Crippen LogP contribution in [0.4, 0.5) is 0 Å². The Kier molecular flexibility index (Phi) is 7.83. The molecule has 0 aliphatic rings. The van der Waals surface area contributed by atoms with Gasteiger partial charge in [0.25, 0.3) is 0 Å². The SMILES string of the molecule is CCCCOCCNCC(O)c1ccc(C#N)cc1. The molecule has 4 heteroatoms. The molecule has 1 aromatic carbocycles. The lowest BCUT2D eigenvalue weighted by Crippen LogP contribution is -2.25. The predicted molar refractivity (Wildman–Crippen MR) is 74.7 cm³/mol. The molecule has 19 heavy (non-hydrogen) atoms. The molecule has 1 unspecified atom stereocenters. The highest BCUT2D eigenvalue weighted by Crippen LogP contribution is 2.12. The van der Waals surface area contributed by atoms with Gasteiger partial charge in [-0.25, -0.2) is 0 Å². The zero-order valence-electron chi connectivity index (χ0n) is 11.4. The molecule has 1 aromatic rings. The summed E-state index contributed by atoms with van der Waals surface area (Å²) in [5.41, 5.74) is 1.42. The van der Waals surface area contributed by atoms with Gasteiger partial charge in [0, 0.05) is 19.7 Å². The maximum absolute atomic E-state index is 9.94. The Labute approximate surface area is 115 Å². The van der Waals surface area contributed by atoms with Crippen molar-refractivity contribution in [3.8, 4) is 6.07 Å². The fourth-order valence-corrected chi connectivity index (χ4v) is 1.63. The van der Waals surface area contributed by atoms with Crippen LogP contribution in [0.25, 0.3) is 0 Å². The third-order valence-electron chi connectivity index (χ3n) is 2.83. The van der Waals surface area contributed by atoms with Crippen molar-refractivity contribution < 1.29 is 9.84 Å². The van der Waals surface area contributed by atoms with E-state index in [9.17, 15) is 5.11 Å². The van der Waals surface area contributed by atoms with Gasteiger partial charge in [-0.2, -0.15) is 5.26 Å². The number of ether oxygens (including phenoxy) is 1. The largest absolute Gasteiger partial charge is 0.387 e. The summed E-state index contributed by atoms with van der Waals surface area (Å²) in [6.07, 6.45) is 1.68. The minimum Gasteiger partial charge on any atom is -0.387 e. The van der Waals surface area contributed by atoms with Crippen LogP contribution in [-0.4, -0.2) is 31.4 Å². The lowest BCUT2D eigenvalue weighted by molar-refractivity contribution is 0.125. The van der Waals surface area contributed by atoms with Gasteiger partial charge in [-0.3, -0.25) is 0 Å². The molecular weight excluding hydrogens is 240 g/mol. The van der Waals surface area contributed by atoms with Gasteiger partial charge in [0.2, 0.25) is 0 Å². The molecule has 0 fully saturated rings. The molecule has 0 saturated carbocycles. The Balaban J connectivity index is 2.16. The van der Waals surface area contributed by atoms with Crippen LogP contribution >= 0.6 is 0 Å². The van der Waals surface area contributed by atoms with E-state index in [0.29, 0.717) is 18.7 Å². The minimum atomic E-state index is -0.552. The lowest BCUT2D eigenvalue weighted by atomic mass is 10.1. The van der Waals surface area contributed by atoms with Crippen molar-refractivity contribution in [3.63, 3.8) is 0 Å². The quantitative estimate of drug-likeness (QED) is 0.668. The average molecular weight is 262 g/mol. The molecule has 0 spiro atoms. The summed E-state index contributed by atoms with van der Waals surface area (Å²) >= 11 is 0. The van der Waals surface area contributed by atoms with E-state index in [1.165, 1.54) is 0 Å². The van der Waals surface area contributed by atoms with Crippen LogP contribution in [0.3, 0.4) is 0 Å². The Hall–Kier alpha value is -1.41. The summed E-state index contributed by atoms with van der Waals surface area (Å²) < 4.78 is 5.41. The second-order valence-electron chi connectivity index (χ2n) is 4.42. The van der Waals surface area contributed by atoms with E-state index in [0.717, 1.165) is 31.6 Å². The average Bonchev–Trinajstić information content (AvgIpc) is 2.46. The summed E-state index contributed by atoms with van der Waals surface area (Å²) in [7, 11) is 0. The van der Waals surface area contributed by atoms with Crippen molar-refractivity contribution in [1.29, 1.82) is 5.26 Å². The first-order chi connectivity index (χ1) is 9.27. The molecular formula is C15H22N2O2. The third kappa shape index (κ3) is 6.35. The predicted octanol–water partition coefficient (Wildman–Crippen LogP) is 2.00. The molecule has 2 N–H and O–H groups in total. The lowest BCUT2D eigenvalue weighted by Gasteiger charge is -2.12. The third-order valence-corrected chi connectivity index (χ3v) is 2.83. The number of hydrogen-bond acceptors (Lipinski definition) is 4. The first-order valence-corrected chi connectivity index (χ1v) is 6.74. The monoisotopic (exact) mass is 262 g/mol. The molecule has 4 nitrogen and oxygen atoms in total. The molecule has 0 bridgehead atoms. The first-order valence-electron chi connectivity index (χ1n) is 6.74. The van der Waals surface area contributed by atoms with E-state index >= 15 is 0 Å². The number of nitriles is 1. The highest BCUT2D eigenvalue weighted by molar-refractivity contribution is 5.32. The Morgan fingerprint density at radius 3 is 2.68 bits per heavy atom. The molecule has 104 valence electrons. The molecule has 0 aliphatic heterocycles. The van der Waals surface area contributed by atoms with Crippen LogP contribution in [-0.2, 0) is 4.74 Å². The van der Waals surface area contributed by atoms with Crippen molar-refractivity contribution in [2.45, 2.75) is 25.9 Å². The zero-order valence-corrected chi connectivity index (χ0v) is 11.4. The number of hydrogen-bond donors (Lipinski definition) is 2. The highest BCUT2D eigenvalue weighted by Gasteiger charge is 2.06. The number of nitrogens with one attached hydrogen (secondary N) is 1.